The zero-order chi connectivity index (χ0) is 15.2. The lowest BCUT2D eigenvalue weighted by molar-refractivity contribution is -0.384. The maximum absolute atomic E-state index is 10.7. The van der Waals surface area contributed by atoms with E-state index in [-0.39, 0.29) is 10.7 Å². The number of anilines is 1. The van der Waals surface area contributed by atoms with Crippen LogP contribution in [-0.4, -0.2) is 12.0 Å². The van der Waals surface area contributed by atoms with Crippen molar-refractivity contribution in [2.75, 3.05) is 12.4 Å². The molecular weight excluding hydrogens is 292 g/mol. The van der Waals surface area contributed by atoms with E-state index in [1.807, 2.05) is 24.3 Å². The van der Waals surface area contributed by atoms with Gasteiger partial charge in [0.15, 0.2) is 0 Å². The summed E-state index contributed by atoms with van der Waals surface area (Å²) in [7, 11) is 1.66. The van der Waals surface area contributed by atoms with E-state index >= 15 is 0 Å². The molecule has 0 atom stereocenters. The quantitative estimate of drug-likeness (QED) is 0.647. The molecule has 2 rings (SSSR count). The Bertz CT molecular complexity index is 629. The molecule has 2 aromatic carbocycles. The van der Waals surface area contributed by atoms with Crippen LogP contribution in [-0.2, 0) is 17.9 Å². The molecule has 0 bridgehead atoms. The first-order valence-corrected chi connectivity index (χ1v) is 6.72. The summed E-state index contributed by atoms with van der Waals surface area (Å²) in [5.41, 5.74) is 2.86. The Kier molecular flexibility index (Phi) is 5.14. The van der Waals surface area contributed by atoms with Crippen LogP contribution < -0.4 is 5.32 Å². The highest BCUT2D eigenvalue weighted by atomic mass is 35.5. The summed E-state index contributed by atoms with van der Waals surface area (Å²) in [6.45, 7) is 1.20. The van der Waals surface area contributed by atoms with E-state index in [0.717, 1.165) is 16.8 Å². The normalized spacial score (nSPS) is 10.4. The molecule has 0 spiro atoms. The predicted molar refractivity (Wildman–Crippen MR) is 82.6 cm³/mol. The molecule has 0 saturated carbocycles. The zero-order valence-corrected chi connectivity index (χ0v) is 12.3. The van der Waals surface area contributed by atoms with Crippen LogP contribution in [0.1, 0.15) is 11.1 Å². The van der Waals surface area contributed by atoms with Gasteiger partial charge in [0.05, 0.1) is 11.5 Å². The van der Waals surface area contributed by atoms with Crippen LogP contribution in [0, 0.1) is 10.1 Å². The summed E-state index contributed by atoms with van der Waals surface area (Å²) in [6, 6.07) is 12.6. The fourth-order valence-electron chi connectivity index (χ4n) is 1.89. The highest BCUT2D eigenvalue weighted by Gasteiger charge is 2.11. The predicted octanol–water partition coefficient (Wildman–Crippen LogP) is 4.01. The van der Waals surface area contributed by atoms with E-state index in [0.29, 0.717) is 13.2 Å². The van der Waals surface area contributed by atoms with Gasteiger partial charge in [0.25, 0.3) is 5.69 Å². The second kappa shape index (κ2) is 7.06. The van der Waals surface area contributed by atoms with Crippen molar-refractivity contribution in [2.45, 2.75) is 13.2 Å². The van der Waals surface area contributed by atoms with Crippen LogP contribution in [0.5, 0.6) is 0 Å². The molecule has 0 aromatic heterocycles. The number of hydrogen-bond acceptors (Lipinski definition) is 4. The van der Waals surface area contributed by atoms with Crippen molar-refractivity contribution in [3.8, 4) is 0 Å². The Balaban J connectivity index is 1.99. The van der Waals surface area contributed by atoms with Gasteiger partial charge in [-0.25, -0.2) is 0 Å². The summed E-state index contributed by atoms with van der Waals surface area (Å²) >= 11 is 5.87. The van der Waals surface area contributed by atoms with Gasteiger partial charge in [-0.2, -0.15) is 0 Å². The van der Waals surface area contributed by atoms with Gasteiger partial charge >= 0.3 is 0 Å². The third kappa shape index (κ3) is 4.18. The molecular formula is C15H15ClN2O3. The van der Waals surface area contributed by atoms with Crippen LogP contribution in [0.15, 0.2) is 42.5 Å². The largest absolute Gasteiger partial charge is 0.381 e. The Hall–Kier alpha value is -2.11. The maximum atomic E-state index is 10.7. The SMILES string of the molecule is COCc1ccc(CNc2ccc([N+](=O)[O-])c(Cl)c2)cc1. The molecule has 0 amide bonds. The molecule has 6 heteroatoms. The molecule has 0 heterocycles. The molecule has 1 N–H and O–H groups in total. The van der Waals surface area contributed by atoms with Crippen LogP contribution in [0.2, 0.25) is 5.02 Å². The van der Waals surface area contributed by atoms with Gasteiger partial charge in [-0.05, 0) is 23.3 Å². The number of ether oxygens (including phenoxy) is 1. The van der Waals surface area contributed by atoms with E-state index in [1.54, 1.807) is 19.2 Å². The van der Waals surface area contributed by atoms with E-state index in [2.05, 4.69) is 5.32 Å². The summed E-state index contributed by atoms with van der Waals surface area (Å²) in [5, 5.41) is 14.0. The van der Waals surface area contributed by atoms with Crippen molar-refractivity contribution >= 4 is 23.0 Å². The van der Waals surface area contributed by atoms with Crippen LogP contribution in [0.3, 0.4) is 0 Å². The average Bonchev–Trinajstić information content (AvgIpc) is 2.46. The van der Waals surface area contributed by atoms with Crippen LogP contribution in [0.25, 0.3) is 0 Å². The second-order valence-corrected chi connectivity index (χ2v) is 4.93. The summed E-state index contributed by atoms with van der Waals surface area (Å²) < 4.78 is 5.06. The van der Waals surface area contributed by atoms with Crippen molar-refractivity contribution in [1.82, 2.24) is 0 Å². The Morgan fingerprint density at radius 1 is 1.19 bits per heavy atom. The summed E-state index contributed by atoms with van der Waals surface area (Å²) in [4.78, 5) is 10.2. The molecule has 2 aromatic rings. The Labute approximate surface area is 127 Å². The molecule has 0 aliphatic carbocycles. The highest BCUT2D eigenvalue weighted by molar-refractivity contribution is 6.32. The van der Waals surface area contributed by atoms with Gasteiger partial charge in [-0.15, -0.1) is 0 Å². The van der Waals surface area contributed by atoms with E-state index in [9.17, 15) is 10.1 Å². The Morgan fingerprint density at radius 3 is 2.43 bits per heavy atom. The van der Waals surface area contributed by atoms with Crippen molar-refractivity contribution in [3.05, 3.63) is 68.7 Å². The molecule has 5 nitrogen and oxygen atoms in total. The van der Waals surface area contributed by atoms with Crippen molar-refractivity contribution in [1.29, 1.82) is 0 Å². The lowest BCUT2D eigenvalue weighted by Crippen LogP contribution is -2.00. The molecule has 0 aliphatic heterocycles. The van der Waals surface area contributed by atoms with Crippen LogP contribution in [0.4, 0.5) is 11.4 Å². The van der Waals surface area contributed by atoms with E-state index < -0.39 is 4.92 Å². The average molecular weight is 307 g/mol. The number of hydrogen-bond donors (Lipinski definition) is 1. The molecule has 0 unspecified atom stereocenters. The minimum Gasteiger partial charge on any atom is -0.381 e. The maximum Gasteiger partial charge on any atom is 0.288 e. The first kappa shape index (κ1) is 15.3. The minimum absolute atomic E-state index is 0.0915. The monoisotopic (exact) mass is 306 g/mol. The number of nitrogens with zero attached hydrogens (tertiary/aromatic N) is 1. The number of benzene rings is 2. The third-order valence-corrected chi connectivity index (χ3v) is 3.28. The number of nitrogens with one attached hydrogen (secondary N) is 1. The minimum atomic E-state index is -0.499. The number of rotatable bonds is 6. The van der Waals surface area contributed by atoms with Crippen molar-refractivity contribution in [2.24, 2.45) is 0 Å². The fourth-order valence-corrected chi connectivity index (χ4v) is 2.14. The van der Waals surface area contributed by atoms with Gasteiger partial charge in [0.1, 0.15) is 5.02 Å². The van der Waals surface area contributed by atoms with E-state index in [1.165, 1.54) is 6.07 Å². The third-order valence-electron chi connectivity index (χ3n) is 2.97. The van der Waals surface area contributed by atoms with Crippen LogP contribution >= 0.6 is 11.6 Å². The topological polar surface area (TPSA) is 64.4 Å². The van der Waals surface area contributed by atoms with E-state index in [4.69, 9.17) is 16.3 Å². The fraction of sp³-hybridized carbons (Fsp3) is 0.200. The summed E-state index contributed by atoms with van der Waals surface area (Å²) in [6.07, 6.45) is 0. The number of halogens is 1. The first-order chi connectivity index (χ1) is 10.1. The number of nitro groups is 1. The van der Waals surface area contributed by atoms with Crippen molar-refractivity contribution < 1.29 is 9.66 Å². The number of methoxy groups -OCH3 is 1. The zero-order valence-electron chi connectivity index (χ0n) is 11.5. The molecule has 0 aliphatic rings. The standard InChI is InChI=1S/C15H15ClN2O3/c1-21-10-12-4-2-11(3-5-12)9-17-13-6-7-15(18(19)20)14(16)8-13/h2-8,17H,9-10H2,1H3. The summed E-state index contributed by atoms with van der Waals surface area (Å²) in [5.74, 6) is 0. The van der Waals surface area contributed by atoms with Gasteiger partial charge in [-0.1, -0.05) is 35.9 Å². The van der Waals surface area contributed by atoms with Gasteiger partial charge in [0, 0.05) is 25.4 Å². The lowest BCUT2D eigenvalue weighted by atomic mass is 10.1. The smallest absolute Gasteiger partial charge is 0.288 e. The van der Waals surface area contributed by atoms with Crippen molar-refractivity contribution in [3.63, 3.8) is 0 Å². The Morgan fingerprint density at radius 2 is 1.86 bits per heavy atom. The van der Waals surface area contributed by atoms with Gasteiger partial charge < -0.3 is 10.1 Å². The lowest BCUT2D eigenvalue weighted by Gasteiger charge is -2.08. The highest BCUT2D eigenvalue weighted by Crippen LogP contribution is 2.27. The molecule has 0 radical (unpaired) electrons. The molecule has 21 heavy (non-hydrogen) atoms. The van der Waals surface area contributed by atoms with Gasteiger partial charge in [0.2, 0.25) is 0 Å². The molecule has 0 saturated heterocycles. The number of nitro benzene ring substituents is 1. The first-order valence-electron chi connectivity index (χ1n) is 6.34. The molecule has 0 fully saturated rings. The molecule has 110 valence electrons. The second-order valence-electron chi connectivity index (χ2n) is 4.53. The van der Waals surface area contributed by atoms with Gasteiger partial charge in [-0.3, -0.25) is 10.1 Å².